The fraction of sp³-hybridized carbons (Fsp3) is 0.562. The first-order valence-electron chi connectivity index (χ1n) is 7.51. The van der Waals surface area contributed by atoms with Crippen molar-refractivity contribution in [3.63, 3.8) is 0 Å². The molecule has 3 aliphatic rings. The molecule has 1 aromatic rings. The molecule has 1 aliphatic heterocycles. The second-order valence-corrected chi connectivity index (χ2v) is 6.18. The second kappa shape index (κ2) is 4.14. The summed E-state index contributed by atoms with van der Waals surface area (Å²) in [5.74, 6) is 1.70. The Bertz CT molecular complexity index is 579. The lowest BCUT2D eigenvalue weighted by atomic mass is 9.75. The molecule has 0 saturated heterocycles. The molecule has 4 nitrogen and oxygen atoms in total. The number of rotatable bonds is 2. The van der Waals surface area contributed by atoms with Gasteiger partial charge in [0.15, 0.2) is 5.96 Å². The van der Waals surface area contributed by atoms with Gasteiger partial charge < -0.3 is 15.4 Å². The summed E-state index contributed by atoms with van der Waals surface area (Å²) in [5, 5.41) is 0. The van der Waals surface area contributed by atoms with Gasteiger partial charge in [0, 0.05) is 6.04 Å². The second-order valence-electron chi connectivity index (χ2n) is 6.18. The third kappa shape index (κ3) is 1.57. The third-order valence-corrected chi connectivity index (χ3v) is 4.97. The molecular formula is C16H21N3O. The van der Waals surface area contributed by atoms with Gasteiger partial charge in [-0.3, -0.25) is 4.99 Å². The molecule has 1 heterocycles. The first kappa shape index (κ1) is 12.1. The van der Waals surface area contributed by atoms with Crippen LogP contribution in [0.4, 0.5) is 0 Å². The number of guanidine groups is 1. The highest BCUT2D eigenvalue weighted by Gasteiger charge is 2.51. The molecule has 2 N–H and O–H groups in total. The summed E-state index contributed by atoms with van der Waals surface area (Å²) in [6.07, 6.45) is 6.00. The minimum absolute atomic E-state index is 0.0190. The molecule has 1 atom stereocenters. The Kier molecular flexibility index (Phi) is 2.50. The summed E-state index contributed by atoms with van der Waals surface area (Å²) in [6, 6.07) is 7.10. The van der Waals surface area contributed by atoms with E-state index in [1.165, 1.54) is 30.4 Å². The molecule has 4 heteroatoms. The van der Waals surface area contributed by atoms with Gasteiger partial charge >= 0.3 is 0 Å². The monoisotopic (exact) mass is 271 g/mol. The van der Waals surface area contributed by atoms with Crippen LogP contribution in [0.5, 0.6) is 5.75 Å². The molecule has 1 saturated carbocycles. The quantitative estimate of drug-likeness (QED) is 0.895. The van der Waals surface area contributed by atoms with Crippen LogP contribution < -0.4 is 10.5 Å². The molecule has 0 amide bonds. The van der Waals surface area contributed by atoms with Crippen LogP contribution in [0.15, 0.2) is 23.2 Å². The Hall–Kier alpha value is -1.71. The van der Waals surface area contributed by atoms with Crippen LogP contribution >= 0.6 is 0 Å². The Labute approximate surface area is 119 Å². The van der Waals surface area contributed by atoms with E-state index in [0.29, 0.717) is 6.04 Å². The van der Waals surface area contributed by atoms with Crippen molar-refractivity contribution in [2.24, 2.45) is 10.7 Å². The predicted octanol–water partition coefficient (Wildman–Crippen LogP) is 2.02. The van der Waals surface area contributed by atoms with E-state index < -0.39 is 0 Å². The third-order valence-electron chi connectivity index (χ3n) is 4.97. The van der Waals surface area contributed by atoms with Gasteiger partial charge in [0.25, 0.3) is 0 Å². The average Bonchev–Trinajstić information content (AvgIpc) is 3.25. The zero-order valence-electron chi connectivity index (χ0n) is 11.9. The maximum atomic E-state index is 6.19. The molecule has 20 heavy (non-hydrogen) atoms. The van der Waals surface area contributed by atoms with Gasteiger partial charge in [0.05, 0.1) is 19.2 Å². The van der Waals surface area contributed by atoms with Crippen LogP contribution in [0.25, 0.3) is 0 Å². The smallest absolute Gasteiger partial charge is 0.192 e. The molecule has 2 aliphatic carbocycles. The van der Waals surface area contributed by atoms with Gasteiger partial charge in [-0.15, -0.1) is 0 Å². The number of methoxy groups -OCH3 is 1. The number of ether oxygens (including phenoxy) is 1. The highest BCUT2D eigenvalue weighted by molar-refractivity contribution is 5.82. The molecule has 0 radical (unpaired) electrons. The first-order chi connectivity index (χ1) is 9.74. The van der Waals surface area contributed by atoms with Crippen molar-refractivity contribution in [3.8, 4) is 5.75 Å². The summed E-state index contributed by atoms with van der Waals surface area (Å²) in [4.78, 5) is 7.00. The highest BCUT2D eigenvalue weighted by Crippen LogP contribution is 2.48. The van der Waals surface area contributed by atoms with E-state index in [9.17, 15) is 0 Å². The van der Waals surface area contributed by atoms with Crippen molar-refractivity contribution >= 4 is 5.96 Å². The summed E-state index contributed by atoms with van der Waals surface area (Å²) >= 11 is 0. The molecule has 1 unspecified atom stereocenters. The van der Waals surface area contributed by atoms with Gasteiger partial charge in [-0.25, -0.2) is 0 Å². The van der Waals surface area contributed by atoms with Crippen molar-refractivity contribution in [1.29, 1.82) is 0 Å². The van der Waals surface area contributed by atoms with Gasteiger partial charge in [-0.05, 0) is 55.4 Å². The van der Waals surface area contributed by atoms with Crippen molar-refractivity contribution in [1.82, 2.24) is 4.90 Å². The normalized spacial score (nSPS) is 28.4. The van der Waals surface area contributed by atoms with Gasteiger partial charge in [0.2, 0.25) is 0 Å². The molecule has 4 rings (SSSR count). The van der Waals surface area contributed by atoms with Crippen LogP contribution in [-0.4, -0.2) is 30.6 Å². The largest absolute Gasteiger partial charge is 0.497 e. The van der Waals surface area contributed by atoms with Crippen LogP contribution in [0.1, 0.15) is 36.8 Å². The van der Waals surface area contributed by atoms with E-state index in [0.717, 1.165) is 31.1 Å². The van der Waals surface area contributed by atoms with E-state index in [2.05, 4.69) is 28.1 Å². The van der Waals surface area contributed by atoms with Crippen molar-refractivity contribution in [2.45, 2.75) is 43.7 Å². The molecule has 0 aromatic heterocycles. The van der Waals surface area contributed by atoms with E-state index in [1.54, 1.807) is 7.11 Å². The van der Waals surface area contributed by atoms with Crippen LogP contribution in [0.2, 0.25) is 0 Å². The predicted molar refractivity (Wildman–Crippen MR) is 79.0 cm³/mol. The minimum Gasteiger partial charge on any atom is -0.497 e. The van der Waals surface area contributed by atoms with Crippen LogP contribution in [0.3, 0.4) is 0 Å². The summed E-state index contributed by atoms with van der Waals surface area (Å²) in [5.41, 5.74) is 9.03. The van der Waals surface area contributed by atoms with Crippen molar-refractivity contribution in [3.05, 3.63) is 29.3 Å². The van der Waals surface area contributed by atoms with Gasteiger partial charge in [-0.2, -0.15) is 0 Å². The number of benzene rings is 1. The summed E-state index contributed by atoms with van der Waals surface area (Å²) < 4.78 is 5.37. The van der Waals surface area contributed by atoms with Crippen molar-refractivity contribution in [2.75, 3.05) is 13.7 Å². The number of nitrogens with zero attached hydrogens (tertiary/aromatic N) is 2. The molecule has 1 spiro atoms. The number of nitrogens with two attached hydrogens (primary N) is 1. The van der Waals surface area contributed by atoms with Crippen LogP contribution in [0, 0.1) is 0 Å². The maximum absolute atomic E-state index is 6.19. The fourth-order valence-corrected chi connectivity index (χ4v) is 3.93. The van der Waals surface area contributed by atoms with E-state index in [4.69, 9.17) is 10.5 Å². The molecule has 1 fully saturated rings. The molecule has 1 aromatic carbocycles. The number of hydrogen-bond donors (Lipinski definition) is 1. The fourth-order valence-electron chi connectivity index (χ4n) is 3.93. The maximum Gasteiger partial charge on any atom is 0.192 e. The van der Waals surface area contributed by atoms with Gasteiger partial charge in [-0.1, -0.05) is 6.07 Å². The van der Waals surface area contributed by atoms with Gasteiger partial charge in [0.1, 0.15) is 5.75 Å². The summed E-state index contributed by atoms with van der Waals surface area (Å²) in [6.45, 7) is 0.814. The van der Waals surface area contributed by atoms with E-state index in [1.807, 2.05) is 0 Å². The Morgan fingerprint density at radius 2 is 2.25 bits per heavy atom. The molecule has 106 valence electrons. The zero-order chi connectivity index (χ0) is 13.7. The lowest BCUT2D eigenvalue weighted by molar-refractivity contribution is 0.165. The van der Waals surface area contributed by atoms with Crippen molar-refractivity contribution < 1.29 is 4.74 Å². The standard InChI is InChI=1S/C16H21N3O/c1-20-13-6-7-14-11(9-13)3-2-8-16(14)10-18-15(17)19(16)12-4-5-12/h6-7,9,12H,2-5,8,10H2,1H3,(H2,17,18). The Morgan fingerprint density at radius 1 is 1.40 bits per heavy atom. The topological polar surface area (TPSA) is 50.9 Å². The molecule has 0 bridgehead atoms. The lowest BCUT2D eigenvalue weighted by Crippen LogP contribution is -2.52. The zero-order valence-corrected chi connectivity index (χ0v) is 11.9. The highest BCUT2D eigenvalue weighted by atomic mass is 16.5. The number of aryl methyl sites for hydroxylation is 1. The van der Waals surface area contributed by atoms with Crippen LogP contribution in [-0.2, 0) is 12.0 Å². The minimum atomic E-state index is 0.0190. The summed E-state index contributed by atoms with van der Waals surface area (Å²) in [7, 11) is 1.73. The Balaban J connectivity index is 1.81. The molecular weight excluding hydrogens is 250 g/mol. The first-order valence-corrected chi connectivity index (χ1v) is 7.51. The number of fused-ring (bicyclic) bond motifs is 2. The van der Waals surface area contributed by atoms with E-state index >= 15 is 0 Å². The van der Waals surface area contributed by atoms with E-state index in [-0.39, 0.29) is 5.54 Å². The SMILES string of the molecule is COc1ccc2c(c1)CCCC21CN=C(N)N1C1CC1. The number of aliphatic imine (C=N–C) groups is 1. The number of hydrogen-bond acceptors (Lipinski definition) is 4. The lowest BCUT2D eigenvalue weighted by Gasteiger charge is -2.44. The average molecular weight is 271 g/mol. The Morgan fingerprint density at radius 3 is 3.00 bits per heavy atom.